The van der Waals surface area contributed by atoms with Gasteiger partial charge in [0.2, 0.25) is 0 Å². The highest BCUT2D eigenvalue weighted by Crippen LogP contribution is 2.30. The van der Waals surface area contributed by atoms with Crippen LogP contribution in [0.1, 0.15) is 84.5 Å². The Bertz CT molecular complexity index is 677. The molecule has 3 heterocycles. The summed E-state index contributed by atoms with van der Waals surface area (Å²) in [5, 5.41) is 30.5. The molecule has 5 N–H and O–H groups in total. The Kier molecular flexibility index (Phi) is 14.0. The maximum atomic E-state index is 9.89. The smallest absolute Gasteiger partial charge is 0.104 e. The second kappa shape index (κ2) is 16.9. The lowest BCUT2D eigenvalue weighted by atomic mass is 9.93. The summed E-state index contributed by atoms with van der Waals surface area (Å²) >= 11 is 0. The van der Waals surface area contributed by atoms with E-state index in [1.807, 2.05) is 0 Å². The maximum absolute atomic E-state index is 9.89. The van der Waals surface area contributed by atoms with Crippen molar-refractivity contribution in [1.29, 1.82) is 0 Å². The third-order valence-corrected chi connectivity index (χ3v) is 8.93. The summed E-state index contributed by atoms with van der Waals surface area (Å²) in [6.45, 7) is 9.81. The molecule has 0 saturated carbocycles. The molecule has 0 aromatic rings. The molecule has 2 fully saturated rings. The normalized spacial score (nSPS) is 30.9. The molecule has 3 rings (SSSR count). The minimum absolute atomic E-state index is 0.264. The summed E-state index contributed by atoms with van der Waals surface area (Å²) < 4.78 is 0. The average molecular weight is 520 g/mol. The molecule has 0 radical (unpaired) electrons. The van der Waals surface area contributed by atoms with Crippen LogP contribution in [-0.4, -0.2) is 90.9 Å². The number of aliphatic hydroxyl groups is 2. The van der Waals surface area contributed by atoms with Gasteiger partial charge in [0.1, 0.15) is 6.23 Å². The lowest BCUT2D eigenvalue weighted by molar-refractivity contribution is -0.0223. The van der Waals surface area contributed by atoms with Crippen molar-refractivity contribution in [3.63, 3.8) is 0 Å². The predicted molar refractivity (Wildman–Crippen MR) is 154 cm³/mol. The van der Waals surface area contributed by atoms with Gasteiger partial charge in [0.05, 0.1) is 6.17 Å². The summed E-state index contributed by atoms with van der Waals surface area (Å²) in [6.07, 6.45) is 19.3. The van der Waals surface area contributed by atoms with Gasteiger partial charge in [-0.05, 0) is 64.0 Å². The molecular formula is C30H57N5O2. The molecule has 0 aliphatic carbocycles. The van der Waals surface area contributed by atoms with Crippen LogP contribution in [0.25, 0.3) is 0 Å². The van der Waals surface area contributed by atoms with E-state index >= 15 is 0 Å². The minimum Gasteiger partial charge on any atom is -0.396 e. The number of allylic oxidation sites excluding steroid dienone is 1. The monoisotopic (exact) mass is 519 g/mol. The van der Waals surface area contributed by atoms with Crippen molar-refractivity contribution in [3.8, 4) is 0 Å². The molecule has 3 aliphatic rings. The van der Waals surface area contributed by atoms with Gasteiger partial charge in [-0.15, -0.1) is 0 Å². The summed E-state index contributed by atoms with van der Waals surface area (Å²) in [4.78, 5) is 5.38. The van der Waals surface area contributed by atoms with Gasteiger partial charge in [-0.1, -0.05) is 57.8 Å². The van der Waals surface area contributed by atoms with Gasteiger partial charge >= 0.3 is 0 Å². The largest absolute Gasteiger partial charge is 0.396 e. The Labute approximate surface area is 227 Å². The molecule has 5 unspecified atom stereocenters. The molecule has 6 atom stereocenters. The number of likely N-dealkylation sites (N-methyl/N-ethyl adjacent to an activating group) is 1. The van der Waals surface area contributed by atoms with Crippen LogP contribution in [0.4, 0.5) is 0 Å². The zero-order valence-electron chi connectivity index (χ0n) is 24.0. The number of rotatable bonds is 14. The number of unbranched alkanes of at least 4 members (excludes halogenated alkanes) is 2. The van der Waals surface area contributed by atoms with E-state index < -0.39 is 0 Å². The van der Waals surface area contributed by atoms with E-state index in [0.717, 1.165) is 71.2 Å². The fraction of sp³-hybridized carbons (Fsp3) is 0.867. The first kappa shape index (κ1) is 30.6. The third-order valence-electron chi connectivity index (χ3n) is 8.93. The molecule has 37 heavy (non-hydrogen) atoms. The Morgan fingerprint density at radius 1 is 1.22 bits per heavy atom. The molecule has 3 aliphatic heterocycles. The van der Waals surface area contributed by atoms with Gasteiger partial charge in [-0.3, -0.25) is 15.1 Å². The van der Waals surface area contributed by atoms with E-state index in [2.05, 4.69) is 64.9 Å². The maximum Gasteiger partial charge on any atom is 0.104 e. The van der Waals surface area contributed by atoms with Crippen LogP contribution in [-0.2, 0) is 0 Å². The van der Waals surface area contributed by atoms with E-state index in [-0.39, 0.29) is 12.8 Å². The van der Waals surface area contributed by atoms with Crippen LogP contribution >= 0.6 is 0 Å². The first-order chi connectivity index (χ1) is 18.1. The number of likely N-dealkylation sites (tertiary alicyclic amines) is 1. The van der Waals surface area contributed by atoms with Crippen molar-refractivity contribution >= 4 is 0 Å². The highest BCUT2D eigenvalue weighted by Gasteiger charge is 2.36. The van der Waals surface area contributed by atoms with Crippen molar-refractivity contribution in [2.75, 3.05) is 46.4 Å². The Hall–Kier alpha value is -0.960. The first-order valence-electron chi connectivity index (χ1n) is 15.4. The molecule has 7 heteroatoms. The number of hydrogen-bond donors (Lipinski definition) is 5. The van der Waals surface area contributed by atoms with E-state index in [1.165, 1.54) is 37.8 Å². The zero-order valence-corrected chi connectivity index (χ0v) is 24.0. The van der Waals surface area contributed by atoms with Gasteiger partial charge in [-0.2, -0.15) is 0 Å². The highest BCUT2D eigenvalue weighted by atomic mass is 16.3. The molecule has 0 spiro atoms. The van der Waals surface area contributed by atoms with Crippen molar-refractivity contribution in [1.82, 2.24) is 25.8 Å². The van der Waals surface area contributed by atoms with E-state index in [4.69, 9.17) is 0 Å². The average Bonchev–Trinajstić information content (AvgIpc) is 3.17. The molecular weight excluding hydrogens is 462 g/mol. The minimum atomic E-state index is -0.343. The lowest BCUT2D eigenvalue weighted by Crippen LogP contribution is -2.57. The van der Waals surface area contributed by atoms with Crippen LogP contribution in [0.3, 0.4) is 0 Å². The van der Waals surface area contributed by atoms with Gasteiger partial charge < -0.3 is 20.8 Å². The van der Waals surface area contributed by atoms with Crippen molar-refractivity contribution in [2.24, 2.45) is 11.8 Å². The van der Waals surface area contributed by atoms with E-state index in [0.29, 0.717) is 30.1 Å². The molecule has 7 nitrogen and oxygen atoms in total. The summed E-state index contributed by atoms with van der Waals surface area (Å²) in [6, 6.07) is 0.850. The van der Waals surface area contributed by atoms with E-state index in [9.17, 15) is 10.2 Å². The Morgan fingerprint density at radius 3 is 2.81 bits per heavy atom. The summed E-state index contributed by atoms with van der Waals surface area (Å²) in [7, 11) is 2.34. The molecule has 2 saturated heterocycles. The van der Waals surface area contributed by atoms with Crippen LogP contribution < -0.4 is 16.0 Å². The fourth-order valence-corrected chi connectivity index (χ4v) is 6.51. The summed E-state index contributed by atoms with van der Waals surface area (Å²) in [5.41, 5.74) is 1.37. The first-order valence-corrected chi connectivity index (χ1v) is 15.4. The highest BCUT2D eigenvalue weighted by molar-refractivity contribution is 5.07. The predicted octanol–water partition coefficient (Wildman–Crippen LogP) is 3.41. The van der Waals surface area contributed by atoms with Crippen LogP contribution in [0.2, 0.25) is 0 Å². The quantitative estimate of drug-likeness (QED) is 0.178. The van der Waals surface area contributed by atoms with Gasteiger partial charge in [-0.25, -0.2) is 0 Å². The number of nitrogens with zero attached hydrogens (tertiary/aromatic N) is 2. The van der Waals surface area contributed by atoms with Gasteiger partial charge in [0.25, 0.3) is 0 Å². The second-order valence-electron chi connectivity index (χ2n) is 11.6. The zero-order chi connectivity index (χ0) is 26.5. The lowest BCUT2D eigenvalue weighted by Gasteiger charge is -2.48. The Balaban J connectivity index is 1.82. The number of aliphatic hydroxyl groups excluding tert-OH is 2. The summed E-state index contributed by atoms with van der Waals surface area (Å²) in [5.74, 6) is 1.14. The van der Waals surface area contributed by atoms with Crippen LogP contribution in [0.15, 0.2) is 23.9 Å². The second-order valence-corrected chi connectivity index (χ2v) is 11.6. The molecule has 0 amide bonds. The number of nitrogens with one attached hydrogen (secondary N) is 3. The molecule has 0 bridgehead atoms. The van der Waals surface area contributed by atoms with Crippen LogP contribution in [0, 0.1) is 11.8 Å². The van der Waals surface area contributed by atoms with Crippen molar-refractivity contribution in [2.45, 2.75) is 109 Å². The number of piperidine rings is 2. The van der Waals surface area contributed by atoms with Gasteiger partial charge in [0, 0.05) is 57.0 Å². The topological polar surface area (TPSA) is 83.0 Å². The fourth-order valence-electron chi connectivity index (χ4n) is 6.51. The number of hydrogen-bond acceptors (Lipinski definition) is 7. The molecule has 0 aromatic heterocycles. The van der Waals surface area contributed by atoms with Crippen molar-refractivity contribution < 1.29 is 10.2 Å². The van der Waals surface area contributed by atoms with E-state index in [1.54, 1.807) is 0 Å². The Morgan fingerprint density at radius 2 is 2.08 bits per heavy atom. The van der Waals surface area contributed by atoms with Gasteiger partial charge in [0.15, 0.2) is 0 Å². The third kappa shape index (κ3) is 9.63. The standard InChI is InChI=1S/C30H57N5O2/c1-4-6-7-11-26(32-21-24-14-15-29(37)33-22-24)20-30(35-18-9-8-12-27(35)16-19-36)34(3)28-13-10-17-31-23-25(28)5-2/h10-11,13,24-25,27-33,36-37H,4-9,12,14-23H2,1-3H3/b26-11+/t24?,25?,27-,28?,29?,30?/m0/s1. The van der Waals surface area contributed by atoms with Crippen LogP contribution in [0.5, 0.6) is 0 Å². The molecule has 214 valence electrons. The van der Waals surface area contributed by atoms with Crippen molar-refractivity contribution in [3.05, 3.63) is 23.9 Å². The SMILES string of the molecule is CCCC/C=C(\CC(N(C)C1C=CCNCC1CC)N1CCCC[C@H]1CCO)NCC1CCC(O)NC1. The molecule has 0 aromatic carbocycles.